The maximum absolute atomic E-state index is 11.2. The lowest BCUT2D eigenvalue weighted by atomic mass is 10.3. The molecule has 0 bridgehead atoms. The molecule has 10 heavy (non-hydrogen) atoms. The van der Waals surface area contributed by atoms with Gasteiger partial charge < -0.3 is 5.21 Å². The second kappa shape index (κ2) is 6.74. The Bertz CT molecular complexity index is 252. The number of nitrogens with zero attached hydrogens (tertiary/aromatic N) is 1. The number of oxime groups is 1. The van der Waals surface area contributed by atoms with Crippen LogP contribution in [0.5, 0.6) is 0 Å². The monoisotopic (exact) mass is 168 g/mol. The van der Waals surface area contributed by atoms with Gasteiger partial charge in [0.1, 0.15) is 0 Å². The highest BCUT2D eigenvalue weighted by molar-refractivity contribution is 7.84. The molecule has 0 saturated carbocycles. The predicted octanol–water partition coefficient (Wildman–Crippen LogP) is 0.995. The third-order valence-corrected chi connectivity index (χ3v) is 1.29. The van der Waals surface area contributed by atoms with Crippen LogP contribution in [-0.4, -0.2) is 27.5 Å². The fourth-order valence-corrected chi connectivity index (χ4v) is 0.746. The minimum Gasteiger partial charge on any atom is -0.411 e. The zero-order valence-corrected chi connectivity index (χ0v) is 6.23. The molecular formula is C6H13NO2S. The van der Waals surface area contributed by atoms with Gasteiger partial charge in [-0.3, -0.25) is 4.21 Å². The van der Waals surface area contributed by atoms with Gasteiger partial charge in [-0.2, -0.15) is 0 Å². The predicted molar refractivity (Wildman–Crippen MR) is 43.1 cm³/mol. The Morgan fingerprint density at radius 2 is 2.70 bits per heavy atom. The second-order valence-corrected chi connectivity index (χ2v) is 2.43. The van der Waals surface area contributed by atoms with Crippen LogP contribution >= 0.6 is 0 Å². The number of hydrogen-bond acceptors (Lipinski definition) is 3. The molecule has 0 spiro atoms. The lowest BCUT2D eigenvalue weighted by Crippen LogP contribution is -1.93. The van der Waals surface area contributed by atoms with E-state index in [4.69, 9.17) is 12.1 Å². The summed E-state index contributed by atoms with van der Waals surface area (Å²) in [6, 6.07) is 0. The third kappa shape index (κ3) is 7.62. The first-order chi connectivity index (χ1) is 6.72. The molecular weight excluding hydrogens is 150 g/mol. The normalized spacial score (nSPS) is 24.2. The Morgan fingerprint density at radius 1 is 1.90 bits per heavy atom. The van der Waals surface area contributed by atoms with Crippen molar-refractivity contribution in [1.82, 2.24) is 0 Å². The second-order valence-electron chi connectivity index (χ2n) is 1.60. The summed E-state index contributed by atoms with van der Waals surface area (Å²) in [5.41, 5.74) is -2.24. The van der Waals surface area contributed by atoms with E-state index >= 15 is 0 Å². The molecule has 0 saturated heterocycles. The highest BCUT2D eigenvalue weighted by Gasteiger charge is 1.89. The summed E-state index contributed by atoms with van der Waals surface area (Å²) in [5.74, 6) is 0. The lowest BCUT2D eigenvalue weighted by molar-refractivity contribution is 0.320. The van der Waals surface area contributed by atoms with Crippen LogP contribution < -0.4 is 0 Å². The van der Waals surface area contributed by atoms with Gasteiger partial charge in [0.15, 0.2) is 0 Å². The van der Waals surface area contributed by atoms with Gasteiger partial charge >= 0.3 is 0 Å². The van der Waals surface area contributed by atoms with Gasteiger partial charge in [0.05, 0.1) is 0 Å². The zero-order valence-electron chi connectivity index (χ0n) is 10.4. The number of hydrogen-bond donors (Lipinski definition) is 1. The maximum atomic E-state index is 11.2. The van der Waals surface area contributed by atoms with E-state index in [-0.39, 0.29) is 12.8 Å². The molecule has 0 rings (SSSR count). The summed E-state index contributed by atoms with van der Waals surface area (Å²) in [5, 5.41) is 10.8. The van der Waals surface area contributed by atoms with Crippen LogP contribution in [0.3, 0.4) is 0 Å². The Kier molecular flexibility index (Phi) is 2.60. The smallest absolute Gasteiger partial charge is 0.0435 e. The molecule has 0 heterocycles. The van der Waals surface area contributed by atoms with Crippen LogP contribution in [0.25, 0.3) is 0 Å². The molecule has 0 aliphatic rings. The van der Waals surface area contributed by atoms with Gasteiger partial charge in [-0.05, 0) is 19.3 Å². The minimum atomic E-state index is -2.80. The average molecular weight is 168 g/mol. The van der Waals surface area contributed by atoms with E-state index < -0.39 is 22.7 Å². The highest BCUT2D eigenvalue weighted by atomic mass is 32.2. The van der Waals surface area contributed by atoms with E-state index in [1.165, 1.54) is 6.21 Å². The van der Waals surface area contributed by atoms with E-state index in [0.717, 1.165) is 0 Å². The molecule has 3 nitrogen and oxygen atoms in total. The van der Waals surface area contributed by atoms with Crippen LogP contribution in [-0.2, 0) is 10.8 Å². The van der Waals surface area contributed by atoms with Crippen LogP contribution in [0.2, 0.25) is 0 Å². The topological polar surface area (TPSA) is 49.7 Å². The molecule has 0 aromatic heterocycles. The fourth-order valence-electron chi connectivity index (χ4n) is 0.416. The highest BCUT2D eigenvalue weighted by Crippen LogP contribution is 1.93. The lowest BCUT2D eigenvalue weighted by Gasteiger charge is -1.92. The summed E-state index contributed by atoms with van der Waals surface area (Å²) in [4.78, 5) is 0. The Morgan fingerprint density at radius 3 is 3.30 bits per heavy atom. The third-order valence-electron chi connectivity index (χ3n) is 0.825. The maximum Gasteiger partial charge on any atom is 0.0435 e. The zero-order chi connectivity index (χ0) is 12.1. The van der Waals surface area contributed by atoms with Crippen molar-refractivity contribution in [2.24, 2.45) is 5.16 Å². The summed E-state index contributed by atoms with van der Waals surface area (Å²) >= 11 is 0. The summed E-state index contributed by atoms with van der Waals surface area (Å²) in [7, 11) is -2.53. The first-order valence-electron chi connectivity index (χ1n) is 5.29. The van der Waals surface area contributed by atoms with Crippen LogP contribution in [0.1, 0.15) is 26.1 Å². The molecule has 0 fully saturated rings. The van der Waals surface area contributed by atoms with Crippen molar-refractivity contribution >= 4 is 17.0 Å². The van der Waals surface area contributed by atoms with Crippen molar-refractivity contribution in [3.05, 3.63) is 0 Å². The van der Waals surface area contributed by atoms with Crippen LogP contribution in [0.4, 0.5) is 0 Å². The van der Waals surface area contributed by atoms with E-state index in [2.05, 4.69) is 5.16 Å². The molecule has 1 unspecified atom stereocenters. The molecule has 60 valence electrons. The first-order valence-corrected chi connectivity index (χ1v) is 3.94. The van der Waals surface area contributed by atoms with Crippen molar-refractivity contribution in [2.75, 3.05) is 11.9 Å². The summed E-state index contributed by atoms with van der Waals surface area (Å²) in [6.45, 7) is 0. The first kappa shape index (κ1) is 3.85. The van der Waals surface area contributed by atoms with E-state index in [9.17, 15) is 4.21 Å². The van der Waals surface area contributed by atoms with Crippen molar-refractivity contribution < 1.29 is 16.3 Å². The molecule has 4 heteroatoms. The molecule has 0 aliphatic heterocycles. The SMILES string of the molecule is [2H]C([2H])([2H])S(=O)C([2H])([2H])CCC/C=N/O. The fraction of sp³-hybridized carbons (Fsp3) is 0.833. The standard InChI is InChI=1S/C6H13NO2S/c1-10(9)6-4-2-3-5-7-8/h5,8H,2-4,6H2,1H3/b7-5+/i1D3,6D2. The van der Waals surface area contributed by atoms with Crippen molar-refractivity contribution in [1.29, 1.82) is 0 Å². The average Bonchev–Trinajstić information content (AvgIpc) is 2.10. The van der Waals surface area contributed by atoms with E-state index in [1.54, 1.807) is 0 Å². The largest absolute Gasteiger partial charge is 0.411 e. The summed E-state index contributed by atoms with van der Waals surface area (Å²) in [6.07, 6.45) is -1.18. The number of unbranched alkanes of at least 4 members (excludes halogenated alkanes) is 1. The van der Waals surface area contributed by atoms with Gasteiger partial charge in [0.25, 0.3) is 0 Å². The van der Waals surface area contributed by atoms with Gasteiger partial charge in [-0.15, -0.1) is 5.16 Å². The van der Waals surface area contributed by atoms with Gasteiger partial charge in [-0.25, -0.2) is 0 Å². The number of rotatable bonds is 5. The van der Waals surface area contributed by atoms with Gasteiger partial charge in [0.2, 0.25) is 0 Å². The van der Waals surface area contributed by atoms with Gasteiger partial charge in [0, 0.05) is 35.8 Å². The quantitative estimate of drug-likeness (QED) is 0.288. The molecule has 1 atom stereocenters. The van der Waals surface area contributed by atoms with Crippen LogP contribution in [0, 0.1) is 0 Å². The molecule has 0 radical (unpaired) electrons. The Labute approximate surface area is 70.6 Å². The molecule has 0 aromatic carbocycles. The van der Waals surface area contributed by atoms with Crippen molar-refractivity contribution in [3.63, 3.8) is 0 Å². The molecule has 0 aliphatic carbocycles. The molecule has 0 amide bonds. The van der Waals surface area contributed by atoms with Gasteiger partial charge in [-0.1, -0.05) is 0 Å². The van der Waals surface area contributed by atoms with Crippen molar-refractivity contribution in [2.45, 2.75) is 19.3 Å². The van der Waals surface area contributed by atoms with E-state index in [0.29, 0.717) is 6.42 Å². The molecule has 0 aromatic rings. The van der Waals surface area contributed by atoms with Crippen LogP contribution in [0.15, 0.2) is 5.16 Å². The minimum absolute atomic E-state index is 0.149. The van der Waals surface area contributed by atoms with E-state index in [1.807, 2.05) is 0 Å². The van der Waals surface area contributed by atoms with Crippen molar-refractivity contribution in [3.8, 4) is 0 Å². The Balaban J connectivity index is 4.24. The molecule has 1 N–H and O–H groups in total. The Hall–Kier alpha value is -0.380. The summed E-state index contributed by atoms with van der Waals surface area (Å²) < 4.78 is 46.4.